The van der Waals surface area contributed by atoms with Crippen LogP contribution in [0.4, 0.5) is 5.82 Å². The molecule has 0 saturated heterocycles. The standard InChI is InChI=1S/C8H9N5/c1-5-11-3-7(13-5)6-2-10-4-12-8(6)9/h2-4H,1H3,(H,11,13)(H2,9,10,12). The van der Waals surface area contributed by atoms with Gasteiger partial charge in [0.15, 0.2) is 0 Å². The van der Waals surface area contributed by atoms with Crippen LogP contribution in [0.3, 0.4) is 0 Å². The van der Waals surface area contributed by atoms with Crippen LogP contribution in [0.15, 0.2) is 18.7 Å². The Labute approximate surface area is 75.1 Å². The minimum absolute atomic E-state index is 0.457. The first-order valence-electron chi connectivity index (χ1n) is 3.85. The van der Waals surface area contributed by atoms with E-state index >= 15 is 0 Å². The van der Waals surface area contributed by atoms with Crippen molar-refractivity contribution in [2.24, 2.45) is 0 Å². The van der Waals surface area contributed by atoms with Crippen LogP contribution in [0.25, 0.3) is 11.3 Å². The molecule has 2 aromatic heterocycles. The van der Waals surface area contributed by atoms with Crippen molar-refractivity contribution in [2.75, 3.05) is 5.73 Å². The van der Waals surface area contributed by atoms with Gasteiger partial charge in [0.25, 0.3) is 0 Å². The SMILES string of the molecule is Cc1ncc(-c2cncnc2N)[nH]1. The highest BCUT2D eigenvalue weighted by atomic mass is 14.9. The van der Waals surface area contributed by atoms with E-state index in [1.165, 1.54) is 6.33 Å². The Balaban J connectivity index is 2.52. The summed E-state index contributed by atoms with van der Waals surface area (Å²) in [6.07, 6.45) is 4.79. The lowest BCUT2D eigenvalue weighted by molar-refractivity contribution is 1.14. The number of nitrogens with one attached hydrogen (secondary N) is 1. The topological polar surface area (TPSA) is 80.5 Å². The van der Waals surface area contributed by atoms with E-state index in [2.05, 4.69) is 19.9 Å². The Morgan fingerprint density at radius 3 is 2.77 bits per heavy atom. The van der Waals surface area contributed by atoms with Gasteiger partial charge in [0, 0.05) is 6.20 Å². The Hall–Kier alpha value is -1.91. The van der Waals surface area contributed by atoms with Crippen molar-refractivity contribution in [1.82, 2.24) is 19.9 Å². The number of hydrogen-bond acceptors (Lipinski definition) is 4. The van der Waals surface area contributed by atoms with Crippen molar-refractivity contribution in [3.8, 4) is 11.3 Å². The Morgan fingerprint density at radius 2 is 2.15 bits per heavy atom. The van der Waals surface area contributed by atoms with E-state index in [0.29, 0.717) is 5.82 Å². The third-order valence-electron chi connectivity index (χ3n) is 1.74. The average Bonchev–Trinajstić information content (AvgIpc) is 2.53. The van der Waals surface area contributed by atoms with Gasteiger partial charge in [-0.25, -0.2) is 15.0 Å². The molecule has 0 bridgehead atoms. The summed E-state index contributed by atoms with van der Waals surface area (Å²) in [6, 6.07) is 0. The average molecular weight is 175 g/mol. The van der Waals surface area contributed by atoms with Crippen LogP contribution >= 0.6 is 0 Å². The maximum Gasteiger partial charge on any atom is 0.136 e. The molecule has 2 rings (SSSR count). The predicted molar refractivity (Wildman–Crippen MR) is 48.8 cm³/mol. The maximum atomic E-state index is 5.66. The number of aromatic nitrogens is 4. The number of hydrogen-bond donors (Lipinski definition) is 2. The van der Waals surface area contributed by atoms with Gasteiger partial charge in [-0.2, -0.15) is 0 Å². The number of H-pyrrole nitrogens is 1. The Bertz CT molecular complexity index is 420. The fraction of sp³-hybridized carbons (Fsp3) is 0.125. The highest BCUT2D eigenvalue weighted by Gasteiger charge is 2.04. The highest BCUT2D eigenvalue weighted by molar-refractivity contribution is 5.68. The number of nitrogens with zero attached hydrogens (tertiary/aromatic N) is 3. The molecular formula is C8H9N5. The molecule has 0 aromatic carbocycles. The third kappa shape index (κ3) is 1.35. The maximum absolute atomic E-state index is 5.66. The molecule has 5 nitrogen and oxygen atoms in total. The minimum atomic E-state index is 0.457. The van der Waals surface area contributed by atoms with E-state index < -0.39 is 0 Å². The number of aromatic amines is 1. The molecule has 0 atom stereocenters. The molecule has 3 N–H and O–H groups in total. The molecule has 0 aliphatic heterocycles. The fourth-order valence-electron chi connectivity index (χ4n) is 1.10. The number of nitrogens with two attached hydrogens (primary N) is 1. The lowest BCUT2D eigenvalue weighted by Gasteiger charge is -1.98. The summed E-state index contributed by atoms with van der Waals surface area (Å²) in [6.45, 7) is 1.88. The van der Waals surface area contributed by atoms with E-state index in [-0.39, 0.29) is 0 Å². The first-order valence-corrected chi connectivity index (χ1v) is 3.85. The zero-order valence-electron chi connectivity index (χ0n) is 7.15. The molecule has 0 spiro atoms. The fourth-order valence-corrected chi connectivity index (χ4v) is 1.10. The number of aryl methyl sites for hydroxylation is 1. The van der Waals surface area contributed by atoms with E-state index in [9.17, 15) is 0 Å². The first kappa shape index (κ1) is 7.72. The van der Waals surface area contributed by atoms with Gasteiger partial charge < -0.3 is 10.7 Å². The van der Waals surface area contributed by atoms with E-state index in [0.717, 1.165) is 17.1 Å². The second-order valence-corrected chi connectivity index (χ2v) is 2.70. The second-order valence-electron chi connectivity index (χ2n) is 2.70. The van der Waals surface area contributed by atoms with Crippen molar-refractivity contribution in [3.05, 3.63) is 24.5 Å². The lowest BCUT2D eigenvalue weighted by atomic mass is 10.2. The highest BCUT2D eigenvalue weighted by Crippen LogP contribution is 2.19. The van der Waals surface area contributed by atoms with Crippen molar-refractivity contribution in [2.45, 2.75) is 6.92 Å². The summed E-state index contributed by atoms with van der Waals surface area (Å²) in [5.74, 6) is 1.30. The van der Waals surface area contributed by atoms with Crippen molar-refractivity contribution in [1.29, 1.82) is 0 Å². The quantitative estimate of drug-likeness (QED) is 0.670. The Kier molecular flexibility index (Phi) is 1.70. The molecular weight excluding hydrogens is 166 g/mol. The third-order valence-corrected chi connectivity index (χ3v) is 1.74. The van der Waals surface area contributed by atoms with E-state index in [1.807, 2.05) is 6.92 Å². The number of anilines is 1. The van der Waals surface area contributed by atoms with Crippen LogP contribution in [0, 0.1) is 6.92 Å². The van der Waals surface area contributed by atoms with E-state index in [4.69, 9.17) is 5.73 Å². The first-order chi connectivity index (χ1) is 6.27. The molecule has 0 amide bonds. The molecule has 0 aliphatic rings. The number of nitrogen functional groups attached to an aromatic ring is 1. The van der Waals surface area contributed by atoms with Crippen LogP contribution in [-0.4, -0.2) is 19.9 Å². The van der Waals surface area contributed by atoms with Crippen LogP contribution in [-0.2, 0) is 0 Å². The second kappa shape index (κ2) is 2.85. The van der Waals surface area contributed by atoms with Crippen LogP contribution in [0.1, 0.15) is 5.82 Å². The molecule has 2 aromatic rings. The van der Waals surface area contributed by atoms with Gasteiger partial charge in [0.05, 0.1) is 17.5 Å². The molecule has 2 heterocycles. The lowest BCUT2D eigenvalue weighted by Crippen LogP contribution is -1.94. The predicted octanol–water partition coefficient (Wildman–Crippen LogP) is 0.757. The minimum Gasteiger partial charge on any atom is -0.383 e. The van der Waals surface area contributed by atoms with Gasteiger partial charge in [-0.1, -0.05) is 0 Å². The van der Waals surface area contributed by atoms with Crippen molar-refractivity contribution in [3.63, 3.8) is 0 Å². The normalized spacial score (nSPS) is 10.2. The van der Waals surface area contributed by atoms with Gasteiger partial charge >= 0.3 is 0 Å². The Morgan fingerprint density at radius 1 is 1.31 bits per heavy atom. The molecule has 5 heteroatoms. The monoisotopic (exact) mass is 175 g/mol. The molecule has 0 fully saturated rings. The summed E-state index contributed by atoms with van der Waals surface area (Å²) in [5, 5.41) is 0. The number of imidazole rings is 1. The van der Waals surface area contributed by atoms with Crippen LogP contribution < -0.4 is 5.73 Å². The summed E-state index contributed by atoms with van der Waals surface area (Å²) in [5.41, 5.74) is 7.29. The number of rotatable bonds is 1. The zero-order chi connectivity index (χ0) is 9.26. The van der Waals surface area contributed by atoms with E-state index in [1.54, 1.807) is 12.4 Å². The van der Waals surface area contributed by atoms with Crippen LogP contribution in [0.5, 0.6) is 0 Å². The van der Waals surface area contributed by atoms with Crippen LogP contribution in [0.2, 0.25) is 0 Å². The van der Waals surface area contributed by atoms with Gasteiger partial charge in [-0.3, -0.25) is 0 Å². The van der Waals surface area contributed by atoms with Gasteiger partial charge in [0.2, 0.25) is 0 Å². The molecule has 0 unspecified atom stereocenters. The summed E-state index contributed by atoms with van der Waals surface area (Å²) in [4.78, 5) is 14.9. The summed E-state index contributed by atoms with van der Waals surface area (Å²) >= 11 is 0. The zero-order valence-corrected chi connectivity index (χ0v) is 7.15. The largest absolute Gasteiger partial charge is 0.383 e. The molecule has 13 heavy (non-hydrogen) atoms. The molecule has 66 valence electrons. The molecule has 0 aliphatic carbocycles. The van der Waals surface area contributed by atoms with Gasteiger partial charge in [-0.15, -0.1) is 0 Å². The summed E-state index contributed by atoms with van der Waals surface area (Å²) in [7, 11) is 0. The van der Waals surface area contributed by atoms with Gasteiger partial charge in [0.1, 0.15) is 18.0 Å². The van der Waals surface area contributed by atoms with Crippen molar-refractivity contribution < 1.29 is 0 Å². The molecule has 0 saturated carbocycles. The summed E-state index contributed by atoms with van der Waals surface area (Å²) < 4.78 is 0. The van der Waals surface area contributed by atoms with Gasteiger partial charge in [-0.05, 0) is 6.92 Å². The smallest absolute Gasteiger partial charge is 0.136 e. The molecule has 0 radical (unpaired) electrons. The van der Waals surface area contributed by atoms with Crippen molar-refractivity contribution >= 4 is 5.82 Å².